The molecule has 110 valence electrons. The van der Waals surface area contributed by atoms with Crippen molar-refractivity contribution in [2.75, 3.05) is 19.3 Å². The number of carbonyl (C=O) groups is 1. The van der Waals surface area contributed by atoms with Gasteiger partial charge in [-0.1, -0.05) is 6.92 Å². The smallest absolute Gasteiger partial charge is 0.248 e. The van der Waals surface area contributed by atoms with Crippen molar-refractivity contribution in [1.82, 2.24) is 4.31 Å². The lowest BCUT2D eigenvalue weighted by molar-refractivity contribution is 0.1000. The van der Waals surface area contributed by atoms with Crippen LogP contribution in [0, 0.1) is 11.8 Å². The SMILES string of the molecule is CC1CC1CN(C)S(=O)(=O)c1ccc(C(N)=O)cc1N. The van der Waals surface area contributed by atoms with E-state index in [0.717, 1.165) is 6.42 Å². The van der Waals surface area contributed by atoms with Gasteiger partial charge in [-0.05, 0) is 36.5 Å². The van der Waals surface area contributed by atoms with E-state index in [-0.39, 0.29) is 16.1 Å². The molecule has 0 radical (unpaired) electrons. The topological polar surface area (TPSA) is 106 Å². The fourth-order valence-electron chi connectivity index (χ4n) is 2.19. The molecule has 1 saturated carbocycles. The van der Waals surface area contributed by atoms with Gasteiger partial charge in [0.05, 0.1) is 5.69 Å². The third kappa shape index (κ3) is 2.78. The number of anilines is 1. The van der Waals surface area contributed by atoms with Crippen LogP contribution in [0.4, 0.5) is 5.69 Å². The molecule has 1 aromatic rings. The van der Waals surface area contributed by atoms with E-state index in [9.17, 15) is 13.2 Å². The summed E-state index contributed by atoms with van der Waals surface area (Å²) < 4.78 is 26.2. The van der Waals surface area contributed by atoms with Crippen molar-refractivity contribution in [3.05, 3.63) is 23.8 Å². The van der Waals surface area contributed by atoms with E-state index in [1.165, 1.54) is 22.5 Å². The van der Waals surface area contributed by atoms with Crippen molar-refractivity contribution in [3.63, 3.8) is 0 Å². The maximum Gasteiger partial charge on any atom is 0.248 e. The predicted molar refractivity (Wildman–Crippen MR) is 76.5 cm³/mol. The molecule has 0 saturated heterocycles. The van der Waals surface area contributed by atoms with Crippen LogP contribution in [0.2, 0.25) is 0 Å². The standard InChI is InChI=1S/C13H19N3O3S/c1-8-5-10(8)7-16(2)20(18,19)12-4-3-9(13(15)17)6-11(12)14/h3-4,6,8,10H,5,7,14H2,1-2H3,(H2,15,17). The second-order valence-electron chi connectivity index (χ2n) is 5.38. The molecular formula is C13H19N3O3S. The van der Waals surface area contributed by atoms with Gasteiger partial charge in [0.2, 0.25) is 15.9 Å². The van der Waals surface area contributed by atoms with Gasteiger partial charge in [-0.2, -0.15) is 0 Å². The zero-order chi connectivity index (χ0) is 15.1. The largest absolute Gasteiger partial charge is 0.398 e. The first-order valence-electron chi connectivity index (χ1n) is 6.39. The van der Waals surface area contributed by atoms with Crippen LogP contribution in [-0.2, 0) is 10.0 Å². The number of amides is 1. The monoisotopic (exact) mass is 297 g/mol. The van der Waals surface area contributed by atoms with E-state index < -0.39 is 15.9 Å². The Hall–Kier alpha value is -1.60. The molecule has 1 amide bonds. The van der Waals surface area contributed by atoms with E-state index in [0.29, 0.717) is 18.4 Å². The molecular weight excluding hydrogens is 278 g/mol. The minimum Gasteiger partial charge on any atom is -0.398 e. The Balaban J connectivity index is 2.27. The summed E-state index contributed by atoms with van der Waals surface area (Å²) in [7, 11) is -2.09. The second-order valence-corrected chi connectivity index (χ2v) is 7.39. The van der Waals surface area contributed by atoms with Crippen molar-refractivity contribution < 1.29 is 13.2 Å². The average Bonchev–Trinajstić information content (AvgIpc) is 3.04. The van der Waals surface area contributed by atoms with Crippen LogP contribution in [0.5, 0.6) is 0 Å². The van der Waals surface area contributed by atoms with Gasteiger partial charge in [-0.15, -0.1) is 0 Å². The van der Waals surface area contributed by atoms with Crippen LogP contribution < -0.4 is 11.5 Å². The van der Waals surface area contributed by atoms with E-state index in [1.54, 1.807) is 7.05 Å². The highest BCUT2D eigenvalue weighted by Gasteiger charge is 2.36. The fraction of sp³-hybridized carbons (Fsp3) is 0.462. The molecule has 2 atom stereocenters. The highest BCUT2D eigenvalue weighted by Crippen LogP contribution is 2.39. The summed E-state index contributed by atoms with van der Waals surface area (Å²) >= 11 is 0. The highest BCUT2D eigenvalue weighted by atomic mass is 32.2. The van der Waals surface area contributed by atoms with Crippen molar-refractivity contribution in [1.29, 1.82) is 0 Å². The fourth-order valence-corrected chi connectivity index (χ4v) is 3.51. The predicted octanol–water partition coefficient (Wildman–Crippen LogP) is 0.644. The third-order valence-electron chi connectivity index (χ3n) is 3.75. The Kier molecular flexibility index (Phi) is 3.75. The van der Waals surface area contributed by atoms with Gasteiger partial charge in [0.25, 0.3) is 0 Å². The maximum absolute atomic E-state index is 12.4. The molecule has 2 unspecified atom stereocenters. The van der Waals surface area contributed by atoms with Gasteiger partial charge in [0.1, 0.15) is 4.90 Å². The Morgan fingerprint density at radius 3 is 2.50 bits per heavy atom. The van der Waals surface area contributed by atoms with Gasteiger partial charge in [-0.3, -0.25) is 4.79 Å². The Morgan fingerprint density at radius 2 is 2.05 bits per heavy atom. The molecule has 1 fully saturated rings. The molecule has 0 aliphatic heterocycles. The van der Waals surface area contributed by atoms with Gasteiger partial charge in [0, 0.05) is 19.2 Å². The van der Waals surface area contributed by atoms with E-state index in [1.807, 2.05) is 0 Å². The first kappa shape index (κ1) is 14.8. The van der Waals surface area contributed by atoms with Crippen LogP contribution in [0.1, 0.15) is 23.7 Å². The molecule has 1 aromatic carbocycles. The number of nitrogen functional groups attached to an aromatic ring is 1. The molecule has 4 N–H and O–H groups in total. The summed E-state index contributed by atoms with van der Waals surface area (Å²) in [5, 5.41) is 0. The normalized spacial score (nSPS) is 21.9. The molecule has 6 nitrogen and oxygen atoms in total. The molecule has 20 heavy (non-hydrogen) atoms. The van der Waals surface area contributed by atoms with Crippen LogP contribution in [-0.4, -0.2) is 32.2 Å². The van der Waals surface area contributed by atoms with Crippen molar-refractivity contribution >= 4 is 21.6 Å². The van der Waals surface area contributed by atoms with E-state index in [4.69, 9.17) is 11.5 Å². The number of hydrogen-bond donors (Lipinski definition) is 2. The molecule has 0 bridgehead atoms. The first-order chi connectivity index (χ1) is 9.23. The second kappa shape index (κ2) is 5.06. The minimum absolute atomic E-state index is 0.0123. The van der Waals surface area contributed by atoms with Crippen molar-refractivity contribution in [2.45, 2.75) is 18.2 Å². The molecule has 7 heteroatoms. The highest BCUT2D eigenvalue weighted by molar-refractivity contribution is 7.89. The van der Waals surface area contributed by atoms with E-state index in [2.05, 4.69) is 6.92 Å². The quantitative estimate of drug-likeness (QED) is 0.778. The van der Waals surface area contributed by atoms with Crippen molar-refractivity contribution in [3.8, 4) is 0 Å². The number of primary amides is 1. The van der Waals surface area contributed by atoms with Gasteiger partial charge < -0.3 is 11.5 Å². The zero-order valence-corrected chi connectivity index (χ0v) is 12.4. The lowest BCUT2D eigenvalue weighted by Crippen LogP contribution is -2.30. The summed E-state index contributed by atoms with van der Waals surface area (Å²) in [6, 6.07) is 4.00. The number of nitrogens with two attached hydrogens (primary N) is 2. The van der Waals surface area contributed by atoms with Crippen LogP contribution >= 0.6 is 0 Å². The van der Waals surface area contributed by atoms with Crippen LogP contribution in [0.3, 0.4) is 0 Å². The Labute approximate surface area is 118 Å². The van der Waals surface area contributed by atoms with Gasteiger partial charge in [-0.25, -0.2) is 12.7 Å². The van der Waals surface area contributed by atoms with E-state index >= 15 is 0 Å². The summed E-state index contributed by atoms with van der Waals surface area (Å²) in [5.74, 6) is 0.351. The number of rotatable bonds is 5. The molecule has 0 spiro atoms. The molecule has 0 heterocycles. The zero-order valence-electron chi connectivity index (χ0n) is 11.5. The number of hydrogen-bond acceptors (Lipinski definition) is 4. The number of carbonyl (C=O) groups excluding carboxylic acids is 1. The summed E-state index contributed by atoms with van der Waals surface area (Å²) in [6.45, 7) is 2.58. The number of nitrogens with zero attached hydrogens (tertiary/aromatic N) is 1. The Bertz CT molecular complexity index is 642. The minimum atomic E-state index is -3.63. The number of sulfonamides is 1. The van der Waals surface area contributed by atoms with Gasteiger partial charge in [0.15, 0.2) is 0 Å². The summed E-state index contributed by atoms with van der Waals surface area (Å²) in [6.07, 6.45) is 1.05. The number of benzene rings is 1. The summed E-state index contributed by atoms with van der Waals surface area (Å²) in [5.41, 5.74) is 11.1. The van der Waals surface area contributed by atoms with Crippen LogP contribution in [0.15, 0.2) is 23.1 Å². The molecule has 1 aliphatic carbocycles. The van der Waals surface area contributed by atoms with Crippen molar-refractivity contribution in [2.24, 2.45) is 17.6 Å². The lowest BCUT2D eigenvalue weighted by atomic mass is 10.2. The Morgan fingerprint density at radius 1 is 1.45 bits per heavy atom. The first-order valence-corrected chi connectivity index (χ1v) is 7.83. The molecule has 0 aromatic heterocycles. The average molecular weight is 297 g/mol. The third-order valence-corrected chi connectivity index (χ3v) is 5.65. The van der Waals surface area contributed by atoms with Crippen LogP contribution in [0.25, 0.3) is 0 Å². The lowest BCUT2D eigenvalue weighted by Gasteiger charge is -2.18. The summed E-state index contributed by atoms with van der Waals surface area (Å²) in [4.78, 5) is 11.1. The molecule has 2 rings (SSSR count). The maximum atomic E-state index is 12.4. The van der Waals surface area contributed by atoms with Gasteiger partial charge >= 0.3 is 0 Å². The molecule has 1 aliphatic rings.